The SMILES string of the molecule is CC(=O)N1CCC(Nc2ccc3nnc(-c4ccccc4)n3n2)c2ccc(F)cc2C1. The lowest BCUT2D eigenvalue weighted by Gasteiger charge is -2.20. The van der Waals surface area contributed by atoms with Crippen LogP contribution < -0.4 is 5.32 Å². The minimum atomic E-state index is -0.306. The van der Waals surface area contributed by atoms with Crippen LogP contribution in [0, 0.1) is 5.82 Å². The molecule has 4 aromatic rings. The first kappa shape index (κ1) is 19.2. The number of hydrogen-bond acceptors (Lipinski definition) is 5. The third-order valence-corrected chi connectivity index (χ3v) is 5.59. The number of halogens is 1. The molecule has 7 nitrogen and oxygen atoms in total. The van der Waals surface area contributed by atoms with E-state index in [1.54, 1.807) is 22.4 Å². The van der Waals surface area contributed by atoms with Crippen molar-refractivity contribution in [1.29, 1.82) is 0 Å². The lowest BCUT2D eigenvalue weighted by atomic mass is 9.99. The predicted octanol–water partition coefficient (Wildman–Crippen LogP) is 3.84. The molecule has 0 bridgehead atoms. The maximum Gasteiger partial charge on any atom is 0.219 e. The van der Waals surface area contributed by atoms with E-state index in [-0.39, 0.29) is 17.8 Å². The van der Waals surface area contributed by atoms with Gasteiger partial charge in [-0.3, -0.25) is 4.79 Å². The Bertz CT molecular complexity index is 1260. The lowest BCUT2D eigenvalue weighted by molar-refractivity contribution is -0.129. The number of hydrogen-bond donors (Lipinski definition) is 1. The van der Waals surface area contributed by atoms with Gasteiger partial charge in [0.25, 0.3) is 0 Å². The van der Waals surface area contributed by atoms with Crippen LogP contribution in [0.5, 0.6) is 0 Å². The summed E-state index contributed by atoms with van der Waals surface area (Å²) < 4.78 is 15.6. The molecule has 2 aromatic carbocycles. The van der Waals surface area contributed by atoms with E-state index in [4.69, 9.17) is 5.10 Å². The predicted molar refractivity (Wildman–Crippen MR) is 115 cm³/mol. The molecule has 3 heterocycles. The van der Waals surface area contributed by atoms with Gasteiger partial charge in [-0.1, -0.05) is 36.4 Å². The minimum absolute atomic E-state index is 0.0209. The van der Waals surface area contributed by atoms with Crippen LogP contribution in [0.15, 0.2) is 60.7 Å². The lowest BCUT2D eigenvalue weighted by Crippen LogP contribution is -2.28. The Balaban J connectivity index is 1.50. The van der Waals surface area contributed by atoms with E-state index in [9.17, 15) is 9.18 Å². The maximum absolute atomic E-state index is 13.9. The van der Waals surface area contributed by atoms with Crippen molar-refractivity contribution >= 4 is 17.4 Å². The molecular formula is C23H21FN6O. The van der Waals surface area contributed by atoms with Crippen molar-refractivity contribution in [3.63, 3.8) is 0 Å². The van der Waals surface area contributed by atoms with Crippen molar-refractivity contribution in [2.75, 3.05) is 11.9 Å². The highest BCUT2D eigenvalue weighted by Gasteiger charge is 2.24. The first-order valence-corrected chi connectivity index (χ1v) is 10.2. The summed E-state index contributed by atoms with van der Waals surface area (Å²) in [6.45, 7) is 2.52. The van der Waals surface area contributed by atoms with Crippen LogP contribution >= 0.6 is 0 Å². The average Bonchev–Trinajstić information content (AvgIpc) is 3.11. The second-order valence-electron chi connectivity index (χ2n) is 7.65. The van der Waals surface area contributed by atoms with E-state index in [0.717, 1.165) is 16.7 Å². The van der Waals surface area contributed by atoms with Gasteiger partial charge in [0.1, 0.15) is 11.6 Å². The van der Waals surface area contributed by atoms with Crippen molar-refractivity contribution in [2.45, 2.75) is 25.9 Å². The number of nitrogens with one attached hydrogen (secondary N) is 1. The monoisotopic (exact) mass is 416 g/mol. The van der Waals surface area contributed by atoms with Gasteiger partial charge in [-0.2, -0.15) is 4.52 Å². The smallest absolute Gasteiger partial charge is 0.219 e. The van der Waals surface area contributed by atoms with E-state index in [1.165, 1.54) is 12.1 Å². The molecule has 0 aliphatic carbocycles. The molecule has 8 heteroatoms. The molecule has 0 radical (unpaired) electrons. The molecule has 0 saturated heterocycles. The van der Waals surface area contributed by atoms with Crippen LogP contribution in [0.25, 0.3) is 17.0 Å². The quantitative estimate of drug-likeness (QED) is 0.549. The number of carbonyl (C=O) groups is 1. The Hall–Kier alpha value is -3.81. The Morgan fingerprint density at radius 1 is 1.10 bits per heavy atom. The van der Waals surface area contributed by atoms with Gasteiger partial charge in [0.05, 0.1) is 6.04 Å². The highest BCUT2D eigenvalue weighted by Crippen LogP contribution is 2.30. The van der Waals surface area contributed by atoms with Gasteiger partial charge in [-0.05, 0) is 41.8 Å². The summed E-state index contributed by atoms with van der Waals surface area (Å²) in [5, 5.41) is 16.7. The molecule has 1 atom stereocenters. The zero-order chi connectivity index (χ0) is 21.4. The number of anilines is 1. The first-order chi connectivity index (χ1) is 15.1. The molecule has 0 fully saturated rings. The number of carbonyl (C=O) groups excluding carboxylic acids is 1. The number of benzene rings is 2. The highest BCUT2D eigenvalue weighted by atomic mass is 19.1. The van der Waals surface area contributed by atoms with Crippen molar-refractivity contribution < 1.29 is 9.18 Å². The highest BCUT2D eigenvalue weighted by molar-refractivity contribution is 5.73. The summed E-state index contributed by atoms with van der Waals surface area (Å²) in [7, 11) is 0. The zero-order valence-electron chi connectivity index (χ0n) is 17.0. The molecule has 156 valence electrons. The van der Waals surface area contributed by atoms with E-state index in [2.05, 4.69) is 15.5 Å². The van der Waals surface area contributed by atoms with E-state index >= 15 is 0 Å². The molecule has 2 aromatic heterocycles. The number of fused-ring (bicyclic) bond motifs is 2. The third-order valence-electron chi connectivity index (χ3n) is 5.59. The average molecular weight is 416 g/mol. The molecule has 1 amide bonds. The number of amides is 1. The Kier molecular flexibility index (Phi) is 4.82. The van der Waals surface area contributed by atoms with Gasteiger partial charge < -0.3 is 10.2 Å². The van der Waals surface area contributed by atoms with Gasteiger partial charge in [-0.15, -0.1) is 15.3 Å². The number of rotatable bonds is 3. The summed E-state index contributed by atoms with van der Waals surface area (Å²) in [4.78, 5) is 13.7. The first-order valence-electron chi connectivity index (χ1n) is 10.2. The van der Waals surface area contributed by atoms with E-state index in [0.29, 0.717) is 36.8 Å². The molecule has 31 heavy (non-hydrogen) atoms. The van der Waals surface area contributed by atoms with Gasteiger partial charge in [0, 0.05) is 25.6 Å². The third kappa shape index (κ3) is 3.72. The second kappa shape index (κ2) is 7.79. The minimum Gasteiger partial charge on any atom is -0.362 e. The normalized spacial score (nSPS) is 16.1. The molecular weight excluding hydrogens is 395 g/mol. The number of aromatic nitrogens is 4. The van der Waals surface area contributed by atoms with Crippen LogP contribution in [0.1, 0.15) is 30.5 Å². The maximum atomic E-state index is 13.9. The van der Waals surface area contributed by atoms with Crippen LogP contribution in [0.4, 0.5) is 10.2 Å². The molecule has 1 unspecified atom stereocenters. The van der Waals surface area contributed by atoms with Crippen molar-refractivity contribution in [3.8, 4) is 11.4 Å². The van der Waals surface area contributed by atoms with Gasteiger partial charge in [-0.25, -0.2) is 4.39 Å². The summed E-state index contributed by atoms with van der Waals surface area (Å²) >= 11 is 0. The zero-order valence-corrected chi connectivity index (χ0v) is 17.0. The van der Waals surface area contributed by atoms with Crippen molar-refractivity contribution in [2.24, 2.45) is 0 Å². The molecule has 5 rings (SSSR count). The van der Waals surface area contributed by atoms with Crippen LogP contribution in [0.3, 0.4) is 0 Å². The largest absolute Gasteiger partial charge is 0.362 e. The van der Waals surface area contributed by atoms with Gasteiger partial charge in [0.2, 0.25) is 5.91 Å². The van der Waals surface area contributed by atoms with E-state index in [1.807, 2.05) is 42.5 Å². The number of nitrogens with zero attached hydrogens (tertiary/aromatic N) is 5. The fraction of sp³-hybridized carbons (Fsp3) is 0.217. The second-order valence-corrected chi connectivity index (χ2v) is 7.65. The van der Waals surface area contributed by atoms with Crippen molar-refractivity contribution in [1.82, 2.24) is 24.7 Å². The van der Waals surface area contributed by atoms with E-state index < -0.39 is 0 Å². The molecule has 0 spiro atoms. The standard InChI is InChI=1S/C23H21FN6O/c1-15(31)29-12-11-20(19-8-7-18(24)13-17(19)14-29)25-21-9-10-22-26-27-23(30(22)28-21)16-5-3-2-4-6-16/h2-10,13,20H,11-12,14H2,1H3,(H,25,28). The molecule has 1 N–H and O–H groups in total. The van der Waals surface area contributed by atoms with Gasteiger partial charge in [0.15, 0.2) is 11.5 Å². The molecule has 0 saturated carbocycles. The fourth-order valence-electron chi connectivity index (χ4n) is 4.01. The fourth-order valence-corrected chi connectivity index (χ4v) is 4.01. The van der Waals surface area contributed by atoms with Crippen LogP contribution in [-0.4, -0.2) is 37.2 Å². The molecule has 1 aliphatic heterocycles. The molecule has 1 aliphatic rings. The van der Waals surface area contributed by atoms with Crippen LogP contribution in [0.2, 0.25) is 0 Å². The summed E-state index contributed by atoms with van der Waals surface area (Å²) in [5.74, 6) is 0.984. The Morgan fingerprint density at radius 2 is 1.94 bits per heavy atom. The summed E-state index contributed by atoms with van der Waals surface area (Å²) in [6.07, 6.45) is 0.686. The summed E-state index contributed by atoms with van der Waals surface area (Å²) in [6, 6.07) is 18.1. The topological polar surface area (TPSA) is 75.4 Å². The Morgan fingerprint density at radius 3 is 2.74 bits per heavy atom. The van der Waals surface area contributed by atoms with Crippen LogP contribution in [-0.2, 0) is 11.3 Å². The Labute approximate surface area is 178 Å². The summed E-state index contributed by atoms with van der Waals surface area (Å²) in [5.41, 5.74) is 3.35. The van der Waals surface area contributed by atoms with Crippen molar-refractivity contribution in [3.05, 3.63) is 77.6 Å². The van der Waals surface area contributed by atoms with Gasteiger partial charge >= 0.3 is 0 Å².